The molecule has 3 nitrogen and oxygen atoms in total. The van der Waals surface area contributed by atoms with Gasteiger partial charge in [0.25, 0.3) is 0 Å². The Morgan fingerprint density at radius 2 is 1.84 bits per heavy atom. The summed E-state index contributed by atoms with van der Waals surface area (Å²) in [5.41, 5.74) is 3.65. The Labute approximate surface area is 112 Å². The summed E-state index contributed by atoms with van der Waals surface area (Å²) in [6, 6.07) is 12.7. The topological polar surface area (TPSA) is 49.3 Å². The van der Waals surface area contributed by atoms with Crippen LogP contribution in [0.2, 0.25) is 0 Å². The predicted molar refractivity (Wildman–Crippen MR) is 76.4 cm³/mol. The quantitative estimate of drug-likeness (QED) is 0.885. The molecule has 98 valence electrons. The van der Waals surface area contributed by atoms with Gasteiger partial charge in [0, 0.05) is 11.3 Å². The van der Waals surface area contributed by atoms with Crippen molar-refractivity contribution < 1.29 is 9.90 Å². The minimum Gasteiger partial charge on any atom is -0.508 e. The van der Waals surface area contributed by atoms with Gasteiger partial charge in [0.2, 0.25) is 5.91 Å². The van der Waals surface area contributed by atoms with Gasteiger partial charge in [-0.1, -0.05) is 30.3 Å². The van der Waals surface area contributed by atoms with Gasteiger partial charge in [-0.05, 0) is 37.1 Å². The molecule has 2 N–H and O–H groups in total. The zero-order valence-corrected chi connectivity index (χ0v) is 11.1. The summed E-state index contributed by atoms with van der Waals surface area (Å²) in [4.78, 5) is 12.0. The molecule has 0 radical (unpaired) electrons. The smallest absolute Gasteiger partial charge is 0.228 e. The van der Waals surface area contributed by atoms with Gasteiger partial charge in [-0.25, -0.2) is 0 Å². The second-order valence-electron chi connectivity index (χ2n) is 4.60. The molecule has 0 aliphatic heterocycles. The number of amides is 1. The molecule has 0 spiro atoms. The number of aromatic hydroxyl groups is 1. The first-order chi connectivity index (χ1) is 9.08. The van der Waals surface area contributed by atoms with E-state index in [2.05, 4.69) is 5.32 Å². The molecule has 0 heterocycles. The van der Waals surface area contributed by atoms with Crippen LogP contribution in [-0.2, 0) is 11.2 Å². The molecular weight excluding hydrogens is 238 g/mol. The monoisotopic (exact) mass is 255 g/mol. The summed E-state index contributed by atoms with van der Waals surface area (Å²) >= 11 is 0. The van der Waals surface area contributed by atoms with E-state index in [4.69, 9.17) is 0 Å². The van der Waals surface area contributed by atoms with E-state index in [9.17, 15) is 9.90 Å². The number of carbonyl (C=O) groups excluding carboxylic acids is 1. The summed E-state index contributed by atoms with van der Waals surface area (Å²) in [6.07, 6.45) is 0.167. The van der Waals surface area contributed by atoms with Crippen LogP contribution in [0.25, 0.3) is 0 Å². The van der Waals surface area contributed by atoms with E-state index in [-0.39, 0.29) is 18.1 Å². The Morgan fingerprint density at radius 3 is 2.58 bits per heavy atom. The van der Waals surface area contributed by atoms with Crippen LogP contribution in [0.4, 0.5) is 5.69 Å². The maximum absolute atomic E-state index is 12.0. The Hall–Kier alpha value is -2.29. The number of rotatable bonds is 3. The van der Waals surface area contributed by atoms with Crippen molar-refractivity contribution in [1.29, 1.82) is 0 Å². The molecule has 0 fully saturated rings. The summed E-state index contributed by atoms with van der Waals surface area (Å²) in [5.74, 6) is 0.0221. The molecule has 0 bridgehead atoms. The molecule has 0 saturated heterocycles. The number of para-hydroxylation sites is 1. The first kappa shape index (κ1) is 13.1. The molecule has 0 aromatic heterocycles. The lowest BCUT2D eigenvalue weighted by Gasteiger charge is -2.10. The highest BCUT2D eigenvalue weighted by atomic mass is 16.3. The van der Waals surface area contributed by atoms with Gasteiger partial charge in [-0.2, -0.15) is 0 Å². The molecule has 2 aromatic carbocycles. The molecule has 3 heteroatoms. The van der Waals surface area contributed by atoms with Crippen molar-refractivity contribution in [2.24, 2.45) is 0 Å². The van der Waals surface area contributed by atoms with Gasteiger partial charge in [0.05, 0.1) is 6.42 Å². The Morgan fingerprint density at radius 1 is 1.11 bits per heavy atom. The Kier molecular flexibility index (Phi) is 3.85. The Bertz CT molecular complexity index is 605. The average molecular weight is 255 g/mol. The van der Waals surface area contributed by atoms with Crippen molar-refractivity contribution in [2.75, 3.05) is 5.32 Å². The van der Waals surface area contributed by atoms with Crippen LogP contribution in [0.15, 0.2) is 42.5 Å². The third-order valence-electron chi connectivity index (χ3n) is 3.22. The molecule has 2 rings (SSSR count). The third kappa shape index (κ3) is 3.13. The second-order valence-corrected chi connectivity index (χ2v) is 4.60. The maximum Gasteiger partial charge on any atom is 0.228 e. The lowest BCUT2D eigenvalue weighted by atomic mass is 10.1. The van der Waals surface area contributed by atoms with E-state index in [1.165, 1.54) is 0 Å². The largest absolute Gasteiger partial charge is 0.508 e. The van der Waals surface area contributed by atoms with Gasteiger partial charge in [0.1, 0.15) is 5.75 Å². The molecule has 2 aromatic rings. The fourth-order valence-corrected chi connectivity index (χ4v) is 1.91. The fourth-order valence-electron chi connectivity index (χ4n) is 1.91. The normalized spacial score (nSPS) is 10.2. The van der Waals surface area contributed by atoms with Crippen LogP contribution < -0.4 is 5.32 Å². The highest BCUT2D eigenvalue weighted by molar-refractivity contribution is 5.93. The summed E-state index contributed by atoms with van der Waals surface area (Å²) < 4.78 is 0. The molecule has 0 aliphatic rings. The fraction of sp³-hybridized carbons (Fsp3) is 0.188. The Balaban J connectivity index is 2.10. The van der Waals surface area contributed by atoms with Gasteiger partial charge in [0.15, 0.2) is 0 Å². The van der Waals surface area contributed by atoms with E-state index in [0.29, 0.717) is 5.56 Å². The second kappa shape index (κ2) is 5.57. The molecule has 0 aliphatic carbocycles. The van der Waals surface area contributed by atoms with Gasteiger partial charge >= 0.3 is 0 Å². The molecule has 0 saturated carbocycles. The first-order valence-corrected chi connectivity index (χ1v) is 6.21. The average Bonchev–Trinajstić information content (AvgIpc) is 2.38. The first-order valence-electron chi connectivity index (χ1n) is 6.21. The zero-order valence-electron chi connectivity index (χ0n) is 11.1. The molecular formula is C16H17NO2. The number of phenols is 1. The minimum atomic E-state index is -0.129. The SMILES string of the molecule is Cc1cccc(NC(=O)Cc2ccccc2O)c1C. The molecule has 0 unspecified atom stereocenters. The maximum atomic E-state index is 12.0. The van der Waals surface area contributed by atoms with Crippen molar-refractivity contribution in [3.63, 3.8) is 0 Å². The standard InChI is InChI=1S/C16H17NO2/c1-11-6-5-8-14(12(11)2)17-16(19)10-13-7-3-4-9-15(13)18/h3-9,18H,10H2,1-2H3,(H,17,19). The zero-order chi connectivity index (χ0) is 13.8. The number of nitrogens with one attached hydrogen (secondary N) is 1. The van der Waals surface area contributed by atoms with E-state index in [1.54, 1.807) is 24.3 Å². The highest BCUT2D eigenvalue weighted by Crippen LogP contribution is 2.20. The highest BCUT2D eigenvalue weighted by Gasteiger charge is 2.09. The van der Waals surface area contributed by atoms with Gasteiger partial charge in [-0.3, -0.25) is 4.79 Å². The number of hydrogen-bond acceptors (Lipinski definition) is 2. The van der Waals surface area contributed by atoms with Crippen molar-refractivity contribution in [3.8, 4) is 5.75 Å². The minimum absolute atomic E-state index is 0.129. The van der Waals surface area contributed by atoms with Crippen molar-refractivity contribution in [2.45, 2.75) is 20.3 Å². The van der Waals surface area contributed by atoms with Crippen LogP contribution in [0, 0.1) is 13.8 Å². The van der Waals surface area contributed by atoms with Crippen LogP contribution in [0.3, 0.4) is 0 Å². The number of aryl methyl sites for hydroxylation is 1. The van der Waals surface area contributed by atoms with Crippen LogP contribution in [0.5, 0.6) is 5.75 Å². The van der Waals surface area contributed by atoms with Gasteiger partial charge < -0.3 is 10.4 Å². The number of hydrogen-bond donors (Lipinski definition) is 2. The summed E-state index contributed by atoms with van der Waals surface area (Å²) in [5, 5.41) is 12.5. The molecule has 0 atom stereocenters. The van der Waals surface area contributed by atoms with E-state index >= 15 is 0 Å². The predicted octanol–water partition coefficient (Wildman–Crippen LogP) is 3.19. The van der Waals surface area contributed by atoms with Crippen molar-refractivity contribution >= 4 is 11.6 Å². The van der Waals surface area contributed by atoms with Gasteiger partial charge in [-0.15, -0.1) is 0 Å². The summed E-state index contributed by atoms with van der Waals surface area (Å²) in [6.45, 7) is 3.99. The van der Waals surface area contributed by atoms with E-state index in [0.717, 1.165) is 16.8 Å². The third-order valence-corrected chi connectivity index (χ3v) is 3.22. The van der Waals surface area contributed by atoms with Crippen LogP contribution in [-0.4, -0.2) is 11.0 Å². The van der Waals surface area contributed by atoms with E-state index < -0.39 is 0 Å². The number of phenolic OH excluding ortho intramolecular Hbond substituents is 1. The molecule has 19 heavy (non-hydrogen) atoms. The lowest BCUT2D eigenvalue weighted by Crippen LogP contribution is -2.15. The van der Waals surface area contributed by atoms with Crippen LogP contribution >= 0.6 is 0 Å². The molecule has 1 amide bonds. The van der Waals surface area contributed by atoms with Crippen molar-refractivity contribution in [3.05, 3.63) is 59.2 Å². The van der Waals surface area contributed by atoms with E-state index in [1.807, 2.05) is 32.0 Å². The summed E-state index contributed by atoms with van der Waals surface area (Å²) in [7, 11) is 0. The number of benzene rings is 2. The lowest BCUT2D eigenvalue weighted by molar-refractivity contribution is -0.115. The number of carbonyl (C=O) groups is 1. The number of anilines is 1. The van der Waals surface area contributed by atoms with Crippen LogP contribution in [0.1, 0.15) is 16.7 Å². The van der Waals surface area contributed by atoms with Crippen molar-refractivity contribution in [1.82, 2.24) is 0 Å².